The highest BCUT2D eigenvalue weighted by Gasteiger charge is 2.11. The minimum atomic E-state index is -0.177. The summed E-state index contributed by atoms with van der Waals surface area (Å²) in [4.78, 5) is 18.1. The average molecular weight is 271 g/mol. The molecule has 0 fully saturated rings. The van der Waals surface area contributed by atoms with Gasteiger partial charge < -0.3 is 15.5 Å². The first-order valence-electron chi connectivity index (χ1n) is 5.88. The lowest BCUT2D eigenvalue weighted by molar-refractivity contribution is 0.0950. The van der Waals surface area contributed by atoms with Crippen LogP contribution in [0.15, 0.2) is 12.3 Å². The van der Waals surface area contributed by atoms with E-state index in [1.54, 1.807) is 13.1 Å². The number of pyridine rings is 1. The molecule has 0 saturated heterocycles. The molecule has 0 aliphatic carbocycles. The van der Waals surface area contributed by atoms with Crippen molar-refractivity contribution in [1.29, 1.82) is 0 Å². The Kier molecular flexibility index (Phi) is 5.88. The van der Waals surface area contributed by atoms with Gasteiger partial charge in [0.05, 0.1) is 10.6 Å². The molecule has 1 aromatic heterocycles. The Hall–Kier alpha value is -1.33. The lowest BCUT2D eigenvalue weighted by Gasteiger charge is -2.14. The molecule has 0 bridgehead atoms. The SMILES string of the molecule is CCN(C)CCNC(=O)c1cc(NC)ncc1Cl. The van der Waals surface area contributed by atoms with Gasteiger partial charge in [-0.25, -0.2) is 4.98 Å². The summed E-state index contributed by atoms with van der Waals surface area (Å²) in [5, 5.41) is 6.07. The van der Waals surface area contributed by atoms with Gasteiger partial charge in [0.1, 0.15) is 5.82 Å². The second kappa shape index (κ2) is 7.18. The molecule has 0 radical (unpaired) electrons. The number of rotatable bonds is 6. The maximum absolute atomic E-state index is 11.9. The fourth-order valence-corrected chi connectivity index (χ4v) is 1.55. The highest BCUT2D eigenvalue weighted by Crippen LogP contribution is 2.17. The molecule has 100 valence electrons. The number of amides is 1. The fourth-order valence-electron chi connectivity index (χ4n) is 1.36. The van der Waals surface area contributed by atoms with Gasteiger partial charge in [0.15, 0.2) is 0 Å². The molecule has 0 atom stereocenters. The molecule has 0 aliphatic rings. The molecule has 18 heavy (non-hydrogen) atoms. The highest BCUT2D eigenvalue weighted by molar-refractivity contribution is 6.33. The van der Waals surface area contributed by atoms with Gasteiger partial charge in [0.2, 0.25) is 0 Å². The first-order chi connectivity index (χ1) is 8.58. The Morgan fingerprint density at radius 2 is 2.28 bits per heavy atom. The molecule has 1 heterocycles. The third-order valence-electron chi connectivity index (χ3n) is 2.68. The van der Waals surface area contributed by atoms with Crippen LogP contribution in [0.2, 0.25) is 5.02 Å². The van der Waals surface area contributed by atoms with Gasteiger partial charge in [-0.3, -0.25) is 4.79 Å². The molecule has 2 N–H and O–H groups in total. The number of hydrogen-bond acceptors (Lipinski definition) is 4. The van der Waals surface area contributed by atoms with Crippen molar-refractivity contribution in [3.8, 4) is 0 Å². The van der Waals surface area contributed by atoms with Crippen LogP contribution in [0.25, 0.3) is 0 Å². The number of anilines is 1. The summed E-state index contributed by atoms with van der Waals surface area (Å²) >= 11 is 5.96. The van der Waals surface area contributed by atoms with Crippen molar-refractivity contribution in [2.24, 2.45) is 0 Å². The Balaban J connectivity index is 2.61. The molecule has 1 aromatic rings. The van der Waals surface area contributed by atoms with Crippen LogP contribution in [0.5, 0.6) is 0 Å². The van der Waals surface area contributed by atoms with Crippen LogP contribution >= 0.6 is 11.6 Å². The Morgan fingerprint density at radius 3 is 2.89 bits per heavy atom. The predicted molar refractivity (Wildman–Crippen MR) is 74.3 cm³/mol. The fraction of sp³-hybridized carbons (Fsp3) is 0.500. The van der Waals surface area contributed by atoms with E-state index in [0.717, 1.165) is 13.1 Å². The van der Waals surface area contributed by atoms with E-state index in [0.29, 0.717) is 22.9 Å². The summed E-state index contributed by atoms with van der Waals surface area (Å²) in [6, 6.07) is 1.64. The number of halogens is 1. The molecule has 0 saturated carbocycles. The maximum Gasteiger partial charge on any atom is 0.253 e. The molecule has 1 rings (SSSR count). The van der Waals surface area contributed by atoms with E-state index in [1.807, 2.05) is 7.05 Å². The number of carbonyl (C=O) groups excluding carboxylic acids is 1. The van der Waals surface area contributed by atoms with Crippen LogP contribution in [0.3, 0.4) is 0 Å². The first-order valence-corrected chi connectivity index (χ1v) is 6.26. The quantitative estimate of drug-likeness (QED) is 0.822. The Labute approximate surface area is 113 Å². The minimum absolute atomic E-state index is 0.177. The van der Waals surface area contributed by atoms with E-state index < -0.39 is 0 Å². The number of aromatic nitrogens is 1. The van der Waals surface area contributed by atoms with Gasteiger partial charge in [0, 0.05) is 26.3 Å². The van der Waals surface area contributed by atoms with Gasteiger partial charge in [-0.2, -0.15) is 0 Å². The number of likely N-dealkylation sites (N-methyl/N-ethyl adjacent to an activating group) is 1. The van der Waals surface area contributed by atoms with Crippen LogP contribution < -0.4 is 10.6 Å². The van der Waals surface area contributed by atoms with E-state index in [2.05, 4.69) is 27.4 Å². The zero-order valence-corrected chi connectivity index (χ0v) is 11.7. The molecule has 0 aliphatic heterocycles. The molecular weight excluding hydrogens is 252 g/mol. The lowest BCUT2D eigenvalue weighted by atomic mass is 10.2. The third kappa shape index (κ3) is 4.16. The van der Waals surface area contributed by atoms with Crippen molar-refractivity contribution in [2.45, 2.75) is 6.92 Å². The van der Waals surface area contributed by atoms with Crippen molar-refractivity contribution in [1.82, 2.24) is 15.2 Å². The van der Waals surface area contributed by atoms with Crippen molar-refractivity contribution in [3.05, 3.63) is 22.8 Å². The van der Waals surface area contributed by atoms with Crippen molar-refractivity contribution in [2.75, 3.05) is 39.0 Å². The topological polar surface area (TPSA) is 57.3 Å². The number of nitrogens with one attached hydrogen (secondary N) is 2. The van der Waals surface area contributed by atoms with E-state index in [9.17, 15) is 4.79 Å². The molecule has 0 unspecified atom stereocenters. The summed E-state index contributed by atoms with van der Waals surface area (Å²) in [6.07, 6.45) is 1.47. The highest BCUT2D eigenvalue weighted by atomic mass is 35.5. The van der Waals surface area contributed by atoms with Crippen LogP contribution in [-0.2, 0) is 0 Å². The lowest BCUT2D eigenvalue weighted by Crippen LogP contribution is -2.33. The maximum atomic E-state index is 11.9. The summed E-state index contributed by atoms with van der Waals surface area (Å²) in [7, 11) is 3.75. The van der Waals surface area contributed by atoms with Crippen molar-refractivity contribution < 1.29 is 4.79 Å². The second-order valence-electron chi connectivity index (χ2n) is 3.95. The standard InChI is InChI=1S/C12H19ClN4O/c1-4-17(3)6-5-15-12(18)9-7-11(14-2)16-8-10(9)13/h7-8H,4-6H2,1-3H3,(H,14,16)(H,15,18). The number of carbonyl (C=O) groups is 1. The minimum Gasteiger partial charge on any atom is -0.373 e. The average Bonchev–Trinajstić information content (AvgIpc) is 2.38. The van der Waals surface area contributed by atoms with Crippen LogP contribution in [-0.4, -0.2) is 49.5 Å². The third-order valence-corrected chi connectivity index (χ3v) is 2.98. The van der Waals surface area contributed by atoms with E-state index in [4.69, 9.17) is 11.6 Å². The van der Waals surface area contributed by atoms with E-state index in [-0.39, 0.29) is 5.91 Å². The van der Waals surface area contributed by atoms with E-state index in [1.165, 1.54) is 6.20 Å². The predicted octanol–water partition coefficient (Wildman–Crippen LogP) is 1.46. The summed E-state index contributed by atoms with van der Waals surface area (Å²) in [5.74, 6) is 0.443. The summed E-state index contributed by atoms with van der Waals surface area (Å²) in [6.45, 7) is 4.43. The van der Waals surface area contributed by atoms with Gasteiger partial charge in [-0.15, -0.1) is 0 Å². The molecule has 0 spiro atoms. The molecular formula is C12H19ClN4O. The normalized spacial score (nSPS) is 10.5. The van der Waals surface area contributed by atoms with Gasteiger partial charge in [-0.05, 0) is 19.7 Å². The summed E-state index contributed by atoms with van der Waals surface area (Å²) < 4.78 is 0. The van der Waals surface area contributed by atoms with Gasteiger partial charge >= 0.3 is 0 Å². The number of hydrogen-bond donors (Lipinski definition) is 2. The smallest absolute Gasteiger partial charge is 0.253 e. The summed E-state index contributed by atoms with van der Waals surface area (Å²) in [5.41, 5.74) is 0.440. The molecule has 1 amide bonds. The van der Waals surface area contributed by atoms with Gasteiger partial charge in [0.25, 0.3) is 5.91 Å². The van der Waals surface area contributed by atoms with E-state index >= 15 is 0 Å². The Morgan fingerprint density at radius 1 is 1.56 bits per heavy atom. The monoisotopic (exact) mass is 270 g/mol. The largest absolute Gasteiger partial charge is 0.373 e. The first kappa shape index (κ1) is 14.7. The molecule has 0 aromatic carbocycles. The van der Waals surface area contributed by atoms with Crippen LogP contribution in [0.4, 0.5) is 5.82 Å². The van der Waals surface area contributed by atoms with Crippen molar-refractivity contribution in [3.63, 3.8) is 0 Å². The number of nitrogens with zero attached hydrogens (tertiary/aromatic N) is 2. The second-order valence-corrected chi connectivity index (χ2v) is 4.36. The van der Waals surface area contributed by atoms with Crippen LogP contribution in [0, 0.1) is 0 Å². The van der Waals surface area contributed by atoms with Crippen molar-refractivity contribution >= 4 is 23.3 Å². The molecule has 5 nitrogen and oxygen atoms in total. The zero-order chi connectivity index (χ0) is 13.5. The zero-order valence-electron chi connectivity index (χ0n) is 11.0. The van der Waals surface area contributed by atoms with Crippen LogP contribution in [0.1, 0.15) is 17.3 Å². The molecule has 6 heteroatoms. The Bertz CT molecular complexity index is 411. The van der Waals surface area contributed by atoms with Gasteiger partial charge in [-0.1, -0.05) is 18.5 Å².